The minimum absolute atomic E-state index is 0.179. The normalized spacial score (nSPS) is 10.8. The Bertz CT molecular complexity index is 625. The van der Waals surface area contributed by atoms with Crippen molar-refractivity contribution in [3.8, 4) is 0 Å². The summed E-state index contributed by atoms with van der Waals surface area (Å²) in [6.45, 7) is 6.60. The molecule has 1 aromatic heterocycles. The van der Waals surface area contributed by atoms with Crippen molar-refractivity contribution in [3.05, 3.63) is 35.4 Å². The van der Waals surface area contributed by atoms with Crippen molar-refractivity contribution in [2.75, 3.05) is 12.4 Å². The van der Waals surface area contributed by atoms with Crippen LogP contribution in [0.25, 0.3) is 10.9 Å². The number of ether oxygens (including phenoxy) is 1. The molecule has 1 heterocycles. The number of hydrogen-bond acceptors (Lipinski definition) is 4. The number of rotatable bonds is 5. The van der Waals surface area contributed by atoms with Crippen LogP contribution in [0, 0.1) is 13.8 Å². The van der Waals surface area contributed by atoms with E-state index in [0.29, 0.717) is 12.4 Å². The lowest BCUT2D eigenvalue weighted by molar-refractivity contribution is -0.140. The molecule has 1 aromatic carbocycles. The number of hydrogen-bond donors (Lipinski definition) is 0. The molecule has 2 rings (SSSR count). The van der Waals surface area contributed by atoms with E-state index in [1.54, 1.807) is 0 Å². The fourth-order valence-corrected chi connectivity index (χ4v) is 2.76. The highest BCUT2D eigenvalue weighted by molar-refractivity contribution is 7.99. The van der Waals surface area contributed by atoms with Crippen LogP contribution in [0.5, 0.6) is 0 Å². The van der Waals surface area contributed by atoms with E-state index in [1.165, 1.54) is 22.7 Å². The summed E-state index contributed by atoms with van der Waals surface area (Å²) in [5, 5.41) is 2.04. The number of aromatic nitrogens is 1. The van der Waals surface area contributed by atoms with Crippen molar-refractivity contribution in [1.82, 2.24) is 4.98 Å². The summed E-state index contributed by atoms with van der Waals surface area (Å²) >= 11 is 1.43. The van der Waals surface area contributed by atoms with Crippen LogP contribution in [0.3, 0.4) is 0 Å². The van der Waals surface area contributed by atoms with Crippen molar-refractivity contribution in [3.63, 3.8) is 0 Å². The van der Waals surface area contributed by atoms with Crippen LogP contribution in [0.2, 0.25) is 0 Å². The van der Waals surface area contributed by atoms with E-state index in [2.05, 4.69) is 31.0 Å². The number of para-hydroxylation sites is 1. The summed E-state index contributed by atoms with van der Waals surface area (Å²) in [5.41, 5.74) is 3.35. The molecule has 20 heavy (non-hydrogen) atoms. The molecular formula is C16H19NO2S. The highest BCUT2D eigenvalue weighted by Gasteiger charge is 2.08. The minimum atomic E-state index is -0.179. The third-order valence-electron chi connectivity index (χ3n) is 3.03. The molecule has 0 saturated carbocycles. The van der Waals surface area contributed by atoms with E-state index in [-0.39, 0.29) is 5.97 Å². The van der Waals surface area contributed by atoms with Crippen LogP contribution < -0.4 is 0 Å². The Morgan fingerprint density at radius 3 is 2.85 bits per heavy atom. The molecule has 0 N–H and O–H groups in total. The molecule has 4 heteroatoms. The molecule has 0 aliphatic carbocycles. The predicted molar refractivity (Wildman–Crippen MR) is 83.2 cm³/mol. The van der Waals surface area contributed by atoms with Gasteiger partial charge in [-0.25, -0.2) is 4.98 Å². The number of aryl methyl sites for hydroxylation is 2. The Morgan fingerprint density at radius 1 is 1.30 bits per heavy atom. The Hall–Kier alpha value is -1.55. The Morgan fingerprint density at radius 2 is 2.10 bits per heavy atom. The molecule has 0 fully saturated rings. The fourth-order valence-electron chi connectivity index (χ4n) is 2.00. The molecule has 0 aliphatic heterocycles. The summed E-state index contributed by atoms with van der Waals surface area (Å²) in [4.78, 5) is 16.2. The molecule has 0 atom stereocenters. The average Bonchev–Trinajstić information content (AvgIpc) is 2.44. The Balaban J connectivity index is 2.15. The second-order valence-electron chi connectivity index (χ2n) is 4.76. The minimum Gasteiger partial charge on any atom is -0.465 e. The van der Waals surface area contributed by atoms with E-state index in [1.807, 2.05) is 19.1 Å². The van der Waals surface area contributed by atoms with Crippen molar-refractivity contribution in [2.45, 2.75) is 32.2 Å². The lowest BCUT2D eigenvalue weighted by Gasteiger charge is -2.08. The van der Waals surface area contributed by atoms with Gasteiger partial charge in [-0.05, 0) is 37.5 Å². The van der Waals surface area contributed by atoms with Gasteiger partial charge in [0, 0.05) is 5.39 Å². The first-order chi connectivity index (χ1) is 9.61. The smallest absolute Gasteiger partial charge is 0.316 e. The van der Waals surface area contributed by atoms with E-state index in [4.69, 9.17) is 4.74 Å². The zero-order chi connectivity index (χ0) is 14.5. The highest BCUT2D eigenvalue weighted by atomic mass is 32.2. The van der Waals surface area contributed by atoms with Crippen molar-refractivity contribution >= 4 is 28.6 Å². The standard InChI is InChI=1S/C16H19NO2S/c1-4-8-19-15(18)10-20-14-9-12(3)13-7-5-6-11(2)16(13)17-14/h5-7,9H,4,8,10H2,1-3H3. The maximum atomic E-state index is 11.5. The third-order valence-corrected chi connectivity index (χ3v) is 3.91. The molecule has 0 aliphatic rings. The molecule has 3 nitrogen and oxygen atoms in total. The largest absolute Gasteiger partial charge is 0.465 e. The predicted octanol–water partition coefficient (Wildman–Crippen LogP) is 3.90. The second kappa shape index (κ2) is 6.75. The van der Waals surface area contributed by atoms with Gasteiger partial charge in [-0.3, -0.25) is 4.79 Å². The van der Waals surface area contributed by atoms with E-state index in [0.717, 1.165) is 22.5 Å². The molecule has 0 unspecified atom stereocenters. The van der Waals surface area contributed by atoms with Gasteiger partial charge in [0.1, 0.15) is 0 Å². The van der Waals surface area contributed by atoms with Gasteiger partial charge in [-0.1, -0.05) is 36.9 Å². The van der Waals surface area contributed by atoms with Crippen LogP contribution in [0.15, 0.2) is 29.3 Å². The lowest BCUT2D eigenvalue weighted by Crippen LogP contribution is -2.08. The molecule has 0 bridgehead atoms. The molecular weight excluding hydrogens is 270 g/mol. The number of thioether (sulfide) groups is 1. The van der Waals surface area contributed by atoms with Crippen molar-refractivity contribution in [1.29, 1.82) is 0 Å². The number of pyridine rings is 1. The van der Waals surface area contributed by atoms with Gasteiger partial charge < -0.3 is 4.74 Å². The Kier molecular flexibility index (Phi) is 5.01. The maximum absolute atomic E-state index is 11.5. The molecule has 106 valence electrons. The Labute approximate surface area is 123 Å². The molecule has 0 amide bonds. The number of carbonyl (C=O) groups is 1. The first kappa shape index (κ1) is 14.9. The van der Waals surface area contributed by atoms with E-state index < -0.39 is 0 Å². The first-order valence-electron chi connectivity index (χ1n) is 6.77. The molecule has 0 spiro atoms. The quantitative estimate of drug-likeness (QED) is 0.618. The summed E-state index contributed by atoms with van der Waals surface area (Å²) in [5.74, 6) is 0.130. The van der Waals surface area contributed by atoms with Crippen LogP contribution >= 0.6 is 11.8 Å². The van der Waals surface area contributed by atoms with Crippen LogP contribution in [-0.4, -0.2) is 23.3 Å². The van der Waals surface area contributed by atoms with Gasteiger partial charge in [0.2, 0.25) is 0 Å². The zero-order valence-electron chi connectivity index (χ0n) is 12.1. The van der Waals surface area contributed by atoms with Gasteiger partial charge in [0.05, 0.1) is 22.9 Å². The fraction of sp³-hybridized carbons (Fsp3) is 0.375. The SMILES string of the molecule is CCCOC(=O)CSc1cc(C)c2cccc(C)c2n1. The number of benzene rings is 1. The molecule has 0 radical (unpaired) electrons. The second-order valence-corrected chi connectivity index (χ2v) is 5.75. The van der Waals surface area contributed by atoms with Gasteiger partial charge in [-0.2, -0.15) is 0 Å². The highest BCUT2D eigenvalue weighted by Crippen LogP contribution is 2.25. The summed E-state index contributed by atoms with van der Waals surface area (Å²) in [6.07, 6.45) is 0.850. The number of fused-ring (bicyclic) bond motifs is 1. The van der Waals surface area contributed by atoms with Crippen LogP contribution in [-0.2, 0) is 9.53 Å². The number of nitrogens with zero attached hydrogens (tertiary/aromatic N) is 1. The molecule has 0 saturated heterocycles. The summed E-state index contributed by atoms with van der Waals surface area (Å²) in [6, 6.07) is 8.20. The lowest BCUT2D eigenvalue weighted by atomic mass is 10.1. The summed E-state index contributed by atoms with van der Waals surface area (Å²) in [7, 11) is 0. The van der Waals surface area contributed by atoms with Gasteiger partial charge in [-0.15, -0.1) is 0 Å². The zero-order valence-corrected chi connectivity index (χ0v) is 12.9. The number of carbonyl (C=O) groups excluding carboxylic acids is 1. The van der Waals surface area contributed by atoms with E-state index >= 15 is 0 Å². The topological polar surface area (TPSA) is 39.2 Å². The van der Waals surface area contributed by atoms with Crippen molar-refractivity contribution < 1.29 is 9.53 Å². The number of esters is 1. The monoisotopic (exact) mass is 289 g/mol. The van der Waals surface area contributed by atoms with Crippen LogP contribution in [0.4, 0.5) is 0 Å². The van der Waals surface area contributed by atoms with Crippen LogP contribution in [0.1, 0.15) is 24.5 Å². The molecule has 2 aromatic rings. The van der Waals surface area contributed by atoms with Gasteiger partial charge in [0.25, 0.3) is 0 Å². The summed E-state index contributed by atoms with van der Waals surface area (Å²) < 4.78 is 5.07. The van der Waals surface area contributed by atoms with Gasteiger partial charge >= 0.3 is 5.97 Å². The maximum Gasteiger partial charge on any atom is 0.316 e. The van der Waals surface area contributed by atoms with Gasteiger partial charge in [0.15, 0.2) is 0 Å². The average molecular weight is 289 g/mol. The first-order valence-corrected chi connectivity index (χ1v) is 7.75. The van der Waals surface area contributed by atoms with Crippen molar-refractivity contribution in [2.24, 2.45) is 0 Å². The van der Waals surface area contributed by atoms with E-state index in [9.17, 15) is 4.79 Å². The third kappa shape index (κ3) is 3.51.